The minimum Gasteiger partial charge on any atom is -0.378 e. The van der Waals surface area contributed by atoms with Crippen LogP contribution in [-0.4, -0.2) is 85.4 Å². The van der Waals surface area contributed by atoms with Crippen LogP contribution in [0.1, 0.15) is 12.0 Å². The first-order chi connectivity index (χ1) is 18.4. The zero-order valence-corrected chi connectivity index (χ0v) is 21.8. The largest absolute Gasteiger partial charge is 0.378 e. The normalized spacial score (nSPS) is 21.5. The molecule has 3 fully saturated rings. The lowest BCUT2D eigenvalue weighted by molar-refractivity contribution is 0.122. The first-order valence-electron chi connectivity index (χ1n) is 12.6. The molecule has 0 saturated carbocycles. The monoisotopic (exact) mass is 532 g/mol. The molecule has 2 atom stereocenters. The van der Waals surface area contributed by atoms with Crippen LogP contribution < -0.4 is 15.1 Å². The van der Waals surface area contributed by atoms with Crippen molar-refractivity contribution < 1.29 is 13.2 Å². The van der Waals surface area contributed by atoms with E-state index in [1.165, 1.54) is 6.26 Å². The van der Waals surface area contributed by atoms with Crippen LogP contribution in [0.15, 0.2) is 48.8 Å². The van der Waals surface area contributed by atoms with Crippen molar-refractivity contribution in [1.29, 1.82) is 5.26 Å². The molecule has 3 aliphatic rings. The van der Waals surface area contributed by atoms with Gasteiger partial charge in [-0.2, -0.15) is 9.57 Å². The van der Waals surface area contributed by atoms with Gasteiger partial charge in [0.05, 0.1) is 36.4 Å². The van der Waals surface area contributed by atoms with E-state index in [4.69, 9.17) is 4.74 Å². The van der Waals surface area contributed by atoms with Crippen LogP contribution in [-0.2, 0) is 14.8 Å². The standard InChI is InChI=1S/C26H28N8O3S/c1-38(35,36)34-17-21-13-22(34)16-33(21)24-4-3-20(12-19(24)14-27)30-26-28-7-6-23(31-26)18-2-5-25(29-15-18)32-8-10-37-11-9-32/h2-7,12,15,21-22H,8-11,13,16-17H2,1H3,(H,28,30,31)/t21-,22-/m0/s1. The molecular weight excluding hydrogens is 504 g/mol. The number of aromatic nitrogens is 3. The lowest BCUT2D eigenvalue weighted by atomic mass is 10.1. The summed E-state index contributed by atoms with van der Waals surface area (Å²) in [6, 6.07) is 13.7. The maximum Gasteiger partial charge on any atom is 0.227 e. The first kappa shape index (κ1) is 24.5. The maximum absolute atomic E-state index is 12.0. The van der Waals surface area contributed by atoms with E-state index >= 15 is 0 Å². The minimum absolute atomic E-state index is 0.0482. The molecule has 0 unspecified atom stereocenters. The fourth-order valence-corrected chi connectivity index (χ4v) is 6.65. The Morgan fingerprint density at radius 2 is 1.92 bits per heavy atom. The average Bonchev–Trinajstić information content (AvgIpc) is 3.55. The van der Waals surface area contributed by atoms with Crippen LogP contribution in [0.3, 0.4) is 0 Å². The van der Waals surface area contributed by atoms with Gasteiger partial charge in [-0.1, -0.05) is 0 Å². The zero-order chi connectivity index (χ0) is 26.3. The van der Waals surface area contributed by atoms with Gasteiger partial charge >= 0.3 is 0 Å². The fourth-order valence-electron chi connectivity index (χ4n) is 5.51. The van der Waals surface area contributed by atoms with Gasteiger partial charge in [0, 0.05) is 61.9 Å². The van der Waals surface area contributed by atoms with Gasteiger partial charge in [-0.3, -0.25) is 0 Å². The molecule has 0 amide bonds. The van der Waals surface area contributed by atoms with Crippen LogP contribution in [0.4, 0.5) is 23.1 Å². The Kier molecular flexibility index (Phi) is 6.35. The molecule has 1 aromatic carbocycles. The molecule has 12 heteroatoms. The number of nitrogens with zero attached hydrogens (tertiary/aromatic N) is 7. The number of benzene rings is 1. The molecule has 38 heavy (non-hydrogen) atoms. The van der Waals surface area contributed by atoms with Gasteiger partial charge in [0.25, 0.3) is 0 Å². The van der Waals surface area contributed by atoms with Gasteiger partial charge in [-0.25, -0.2) is 23.4 Å². The Hall–Kier alpha value is -3.79. The number of anilines is 4. The number of pyridine rings is 1. The second-order valence-corrected chi connectivity index (χ2v) is 11.7. The molecule has 2 aromatic heterocycles. The number of fused-ring (bicyclic) bond motifs is 2. The lowest BCUT2D eigenvalue weighted by Gasteiger charge is -2.34. The van der Waals surface area contributed by atoms with Crippen molar-refractivity contribution in [2.75, 3.05) is 60.8 Å². The summed E-state index contributed by atoms with van der Waals surface area (Å²) in [5, 5.41) is 13.1. The first-order valence-corrected chi connectivity index (χ1v) is 14.4. The summed E-state index contributed by atoms with van der Waals surface area (Å²) in [6.45, 7) is 4.12. The summed E-state index contributed by atoms with van der Waals surface area (Å²) < 4.78 is 31.0. The highest BCUT2D eigenvalue weighted by Gasteiger charge is 2.47. The number of hydrogen-bond acceptors (Lipinski definition) is 10. The smallest absolute Gasteiger partial charge is 0.227 e. The lowest BCUT2D eigenvalue weighted by Crippen LogP contribution is -2.48. The van der Waals surface area contributed by atoms with Crippen molar-refractivity contribution in [1.82, 2.24) is 19.3 Å². The van der Waals surface area contributed by atoms with Crippen molar-refractivity contribution in [2.45, 2.75) is 18.5 Å². The molecule has 3 aromatic rings. The molecule has 0 radical (unpaired) electrons. The van der Waals surface area contributed by atoms with E-state index in [-0.39, 0.29) is 12.1 Å². The molecular formula is C26H28N8O3S. The van der Waals surface area contributed by atoms with Crippen molar-refractivity contribution in [3.63, 3.8) is 0 Å². The Morgan fingerprint density at radius 1 is 1.08 bits per heavy atom. The van der Waals surface area contributed by atoms with E-state index in [1.54, 1.807) is 16.6 Å². The van der Waals surface area contributed by atoms with E-state index in [0.717, 1.165) is 42.3 Å². The average molecular weight is 533 g/mol. The summed E-state index contributed by atoms with van der Waals surface area (Å²) in [5.74, 6) is 1.34. The molecule has 0 spiro atoms. The molecule has 6 rings (SSSR count). The van der Waals surface area contributed by atoms with Gasteiger partial charge in [0.1, 0.15) is 11.9 Å². The van der Waals surface area contributed by atoms with E-state index in [2.05, 4.69) is 36.1 Å². The Labute approximate surface area is 221 Å². The molecule has 3 aliphatic heterocycles. The summed E-state index contributed by atoms with van der Waals surface area (Å²) in [7, 11) is -3.22. The van der Waals surface area contributed by atoms with Crippen molar-refractivity contribution in [2.24, 2.45) is 0 Å². The molecule has 196 valence electrons. The van der Waals surface area contributed by atoms with E-state index in [0.29, 0.717) is 43.5 Å². The van der Waals surface area contributed by atoms with Gasteiger partial charge < -0.3 is 19.9 Å². The number of nitriles is 1. The van der Waals surface area contributed by atoms with Crippen LogP contribution in [0.25, 0.3) is 11.3 Å². The third-order valence-corrected chi connectivity index (χ3v) is 8.63. The molecule has 3 saturated heterocycles. The highest BCUT2D eigenvalue weighted by molar-refractivity contribution is 7.88. The number of piperazine rings is 1. The van der Waals surface area contributed by atoms with Crippen molar-refractivity contribution in [3.05, 3.63) is 54.4 Å². The predicted octanol–water partition coefficient (Wildman–Crippen LogP) is 2.21. The highest BCUT2D eigenvalue weighted by Crippen LogP contribution is 2.38. The minimum atomic E-state index is -3.22. The number of rotatable bonds is 6. The Morgan fingerprint density at radius 3 is 2.61 bits per heavy atom. The van der Waals surface area contributed by atoms with E-state index in [9.17, 15) is 13.7 Å². The number of sulfonamides is 1. The number of ether oxygens (including phenoxy) is 1. The van der Waals surface area contributed by atoms with Gasteiger partial charge in [0.15, 0.2) is 0 Å². The molecule has 5 heterocycles. The van der Waals surface area contributed by atoms with Crippen LogP contribution in [0.2, 0.25) is 0 Å². The SMILES string of the molecule is CS(=O)(=O)N1C[C@@H]2C[C@H]1CN2c1ccc(Nc2nccc(-c3ccc(N4CCOCC4)nc3)n2)cc1C#N. The second kappa shape index (κ2) is 9.83. The summed E-state index contributed by atoms with van der Waals surface area (Å²) in [5.41, 5.74) is 3.66. The summed E-state index contributed by atoms with van der Waals surface area (Å²) >= 11 is 0. The molecule has 11 nitrogen and oxygen atoms in total. The predicted molar refractivity (Wildman–Crippen MR) is 144 cm³/mol. The third kappa shape index (κ3) is 4.76. The van der Waals surface area contributed by atoms with Crippen LogP contribution in [0, 0.1) is 11.3 Å². The van der Waals surface area contributed by atoms with Gasteiger partial charge in [-0.15, -0.1) is 0 Å². The van der Waals surface area contributed by atoms with Crippen molar-refractivity contribution in [3.8, 4) is 17.3 Å². The summed E-state index contributed by atoms with van der Waals surface area (Å²) in [4.78, 5) is 18.0. The zero-order valence-electron chi connectivity index (χ0n) is 21.0. The number of hydrogen-bond donors (Lipinski definition) is 1. The van der Waals surface area contributed by atoms with Gasteiger partial charge in [0.2, 0.25) is 16.0 Å². The van der Waals surface area contributed by atoms with E-state index in [1.807, 2.05) is 36.5 Å². The Bertz CT molecular complexity index is 1490. The number of morpholine rings is 1. The third-order valence-electron chi connectivity index (χ3n) is 7.33. The summed E-state index contributed by atoms with van der Waals surface area (Å²) in [6.07, 6.45) is 5.54. The van der Waals surface area contributed by atoms with Gasteiger partial charge in [-0.05, 0) is 42.8 Å². The fraction of sp³-hybridized carbons (Fsp3) is 0.385. The maximum atomic E-state index is 12.0. The van der Waals surface area contributed by atoms with Crippen LogP contribution in [0.5, 0.6) is 0 Å². The topological polar surface area (TPSA) is 128 Å². The molecule has 2 bridgehead atoms. The van der Waals surface area contributed by atoms with Crippen molar-refractivity contribution >= 4 is 33.2 Å². The highest BCUT2D eigenvalue weighted by atomic mass is 32.2. The molecule has 0 aliphatic carbocycles. The quantitative estimate of drug-likeness (QED) is 0.505. The van der Waals surface area contributed by atoms with Crippen LogP contribution >= 0.6 is 0 Å². The number of nitrogens with one attached hydrogen (secondary N) is 1. The Balaban J connectivity index is 1.17. The molecule has 1 N–H and O–H groups in total. The second-order valence-electron chi connectivity index (χ2n) is 9.77. The van der Waals surface area contributed by atoms with E-state index < -0.39 is 10.0 Å².